The molecule has 0 unspecified atom stereocenters. The first-order valence-corrected chi connectivity index (χ1v) is 10.2. The van der Waals surface area contributed by atoms with Crippen molar-refractivity contribution in [3.05, 3.63) is 53.1 Å². The van der Waals surface area contributed by atoms with Crippen LogP contribution in [0.5, 0.6) is 0 Å². The molecule has 2 N–H and O–H groups in total. The Morgan fingerprint density at radius 2 is 1.86 bits per heavy atom. The van der Waals surface area contributed by atoms with E-state index in [9.17, 15) is 4.79 Å². The number of fused-ring (bicyclic) bond motifs is 2. The number of carbonyl (C=O) groups excluding carboxylic acids is 1. The summed E-state index contributed by atoms with van der Waals surface area (Å²) < 4.78 is 0. The first kappa shape index (κ1) is 19.0. The van der Waals surface area contributed by atoms with Crippen molar-refractivity contribution < 1.29 is 9.63 Å². The van der Waals surface area contributed by atoms with E-state index in [1.54, 1.807) is 0 Å². The Kier molecular flexibility index (Phi) is 4.70. The van der Waals surface area contributed by atoms with Gasteiger partial charge in [0.2, 0.25) is 0 Å². The molecule has 4 rings (SSSR count). The molecule has 4 heteroatoms. The van der Waals surface area contributed by atoms with Gasteiger partial charge < -0.3 is 5.32 Å². The van der Waals surface area contributed by atoms with Crippen LogP contribution < -0.4 is 10.8 Å². The number of amides is 1. The third kappa shape index (κ3) is 3.53. The minimum Gasteiger partial charge on any atom is -0.347 e. The molecule has 148 valence electrons. The van der Waals surface area contributed by atoms with Crippen LogP contribution in [0, 0.1) is 6.92 Å². The molecule has 2 aromatic carbocycles. The Morgan fingerprint density at radius 3 is 2.57 bits per heavy atom. The average Bonchev–Trinajstić information content (AvgIpc) is 3.09. The Morgan fingerprint density at radius 1 is 1.11 bits per heavy atom. The van der Waals surface area contributed by atoms with Crippen molar-refractivity contribution in [2.45, 2.75) is 64.3 Å². The van der Waals surface area contributed by atoms with Gasteiger partial charge in [-0.15, -0.1) is 0 Å². The molecular weight excluding hydrogens is 348 g/mol. The summed E-state index contributed by atoms with van der Waals surface area (Å²) >= 11 is 0. The van der Waals surface area contributed by atoms with E-state index in [2.05, 4.69) is 35.9 Å². The monoisotopic (exact) mass is 378 g/mol. The molecule has 1 fully saturated rings. The Balaban J connectivity index is 1.70. The van der Waals surface area contributed by atoms with Gasteiger partial charge in [-0.2, -0.15) is 0 Å². The van der Waals surface area contributed by atoms with E-state index in [0.29, 0.717) is 5.56 Å². The van der Waals surface area contributed by atoms with Gasteiger partial charge in [0, 0.05) is 16.5 Å². The summed E-state index contributed by atoms with van der Waals surface area (Å²) in [6.07, 6.45) is 4.94. The van der Waals surface area contributed by atoms with Crippen molar-refractivity contribution in [3.8, 4) is 11.1 Å². The zero-order valence-electron chi connectivity index (χ0n) is 17.3. The maximum Gasteiger partial charge on any atom is 0.251 e. The number of aryl methyl sites for hydroxylation is 1. The van der Waals surface area contributed by atoms with E-state index < -0.39 is 0 Å². The van der Waals surface area contributed by atoms with Crippen LogP contribution >= 0.6 is 0 Å². The molecule has 1 spiro atoms. The van der Waals surface area contributed by atoms with Crippen molar-refractivity contribution in [1.29, 1.82) is 0 Å². The minimum absolute atomic E-state index is 0.0434. The topological polar surface area (TPSA) is 50.4 Å². The maximum absolute atomic E-state index is 12.6. The zero-order chi connectivity index (χ0) is 19.9. The number of hydrogen-bond acceptors (Lipinski definition) is 3. The van der Waals surface area contributed by atoms with Gasteiger partial charge in [0.1, 0.15) is 0 Å². The predicted molar refractivity (Wildman–Crippen MR) is 114 cm³/mol. The number of anilines is 1. The molecule has 28 heavy (non-hydrogen) atoms. The second-order valence-corrected chi connectivity index (χ2v) is 9.37. The number of benzene rings is 2. The van der Waals surface area contributed by atoms with Gasteiger partial charge in [0.15, 0.2) is 0 Å². The first-order chi connectivity index (χ1) is 13.3. The fraction of sp³-hybridized carbons (Fsp3) is 0.458. The van der Waals surface area contributed by atoms with Crippen molar-refractivity contribution in [2.75, 3.05) is 12.1 Å². The molecule has 0 saturated heterocycles. The second kappa shape index (κ2) is 6.93. The van der Waals surface area contributed by atoms with Crippen molar-refractivity contribution in [1.82, 2.24) is 5.32 Å². The SMILES string of the molecule is Cc1ccc(C(=O)NC(C)(C)C)cc1-c1ccc2c(c1)NOCC21CCCC1. The van der Waals surface area contributed by atoms with Gasteiger partial charge in [-0.1, -0.05) is 31.0 Å². The molecule has 1 amide bonds. The summed E-state index contributed by atoms with van der Waals surface area (Å²) in [5.41, 5.74) is 9.50. The molecule has 0 aromatic heterocycles. The molecule has 1 aliphatic carbocycles. The van der Waals surface area contributed by atoms with Crippen molar-refractivity contribution in [2.24, 2.45) is 0 Å². The average molecular weight is 379 g/mol. The number of carbonyl (C=O) groups is 1. The van der Waals surface area contributed by atoms with E-state index in [4.69, 9.17) is 4.84 Å². The number of hydrogen-bond donors (Lipinski definition) is 2. The highest BCUT2D eigenvalue weighted by molar-refractivity contribution is 5.96. The molecule has 2 aliphatic rings. The first-order valence-electron chi connectivity index (χ1n) is 10.2. The summed E-state index contributed by atoms with van der Waals surface area (Å²) in [6, 6.07) is 12.5. The van der Waals surface area contributed by atoms with Crippen LogP contribution in [0.4, 0.5) is 5.69 Å². The smallest absolute Gasteiger partial charge is 0.251 e. The zero-order valence-corrected chi connectivity index (χ0v) is 17.3. The summed E-state index contributed by atoms with van der Waals surface area (Å²) in [5.74, 6) is -0.0434. The molecule has 1 heterocycles. The van der Waals surface area contributed by atoms with Crippen LogP contribution in [0.15, 0.2) is 36.4 Å². The van der Waals surface area contributed by atoms with Gasteiger partial charge in [-0.05, 0) is 81.0 Å². The largest absolute Gasteiger partial charge is 0.347 e. The summed E-state index contributed by atoms with van der Waals surface area (Å²) in [6.45, 7) is 8.82. The maximum atomic E-state index is 12.6. The molecule has 1 aliphatic heterocycles. The third-order valence-electron chi connectivity index (χ3n) is 5.98. The molecular formula is C24H30N2O2. The lowest BCUT2D eigenvalue weighted by atomic mass is 9.77. The van der Waals surface area contributed by atoms with Crippen molar-refractivity contribution in [3.63, 3.8) is 0 Å². The summed E-state index contributed by atoms with van der Waals surface area (Å²) in [5, 5.41) is 3.05. The lowest BCUT2D eigenvalue weighted by Crippen LogP contribution is -2.40. The van der Waals surface area contributed by atoms with Crippen molar-refractivity contribution >= 4 is 11.6 Å². The van der Waals surface area contributed by atoms with Gasteiger partial charge in [0.25, 0.3) is 5.91 Å². The highest BCUT2D eigenvalue weighted by atomic mass is 16.6. The lowest BCUT2D eigenvalue weighted by Gasteiger charge is -2.36. The summed E-state index contributed by atoms with van der Waals surface area (Å²) in [4.78, 5) is 18.4. The van der Waals surface area contributed by atoms with Crippen LogP contribution in [0.3, 0.4) is 0 Å². The van der Waals surface area contributed by atoms with E-state index in [1.807, 2.05) is 39.0 Å². The second-order valence-electron chi connectivity index (χ2n) is 9.37. The fourth-order valence-electron chi connectivity index (χ4n) is 4.54. The molecule has 1 saturated carbocycles. The highest BCUT2D eigenvalue weighted by Gasteiger charge is 2.40. The van der Waals surface area contributed by atoms with Crippen LogP contribution in [0.1, 0.15) is 67.9 Å². The van der Waals surface area contributed by atoms with Crippen LogP contribution in [-0.4, -0.2) is 18.1 Å². The normalized spacial score (nSPS) is 17.9. The third-order valence-corrected chi connectivity index (χ3v) is 5.98. The van der Waals surface area contributed by atoms with Gasteiger partial charge >= 0.3 is 0 Å². The van der Waals surface area contributed by atoms with E-state index in [1.165, 1.54) is 31.2 Å². The molecule has 2 aromatic rings. The van der Waals surface area contributed by atoms with Gasteiger partial charge in [-0.25, -0.2) is 0 Å². The highest BCUT2D eigenvalue weighted by Crippen LogP contribution is 2.47. The van der Waals surface area contributed by atoms with E-state index in [0.717, 1.165) is 29.0 Å². The van der Waals surface area contributed by atoms with Crippen LogP contribution in [0.2, 0.25) is 0 Å². The van der Waals surface area contributed by atoms with Crippen LogP contribution in [-0.2, 0) is 10.3 Å². The molecule has 0 atom stereocenters. The molecule has 4 nitrogen and oxygen atoms in total. The fourth-order valence-corrected chi connectivity index (χ4v) is 4.54. The minimum atomic E-state index is -0.259. The quantitative estimate of drug-likeness (QED) is 0.740. The van der Waals surface area contributed by atoms with Gasteiger partial charge in [-0.3, -0.25) is 15.1 Å². The standard InChI is InChI=1S/C24H30N2O2/c1-16-7-8-18(22(27)25-23(2,3)4)13-19(16)17-9-10-20-21(14-17)26-28-15-24(20)11-5-6-12-24/h7-10,13-14,26H,5-6,11-12,15H2,1-4H3,(H,25,27). The van der Waals surface area contributed by atoms with E-state index >= 15 is 0 Å². The lowest BCUT2D eigenvalue weighted by molar-refractivity contribution is 0.0919. The predicted octanol–water partition coefficient (Wildman–Crippen LogP) is 5.36. The molecule has 0 radical (unpaired) electrons. The Bertz CT molecular complexity index is 905. The van der Waals surface area contributed by atoms with E-state index in [-0.39, 0.29) is 16.9 Å². The number of nitrogens with one attached hydrogen (secondary N) is 2. The Labute approximate surface area is 167 Å². The molecule has 0 bridgehead atoms. The Hall–Kier alpha value is -2.33. The number of rotatable bonds is 2. The van der Waals surface area contributed by atoms with Crippen LogP contribution in [0.25, 0.3) is 11.1 Å². The van der Waals surface area contributed by atoms with Gasteiger partial charge in [0.05, 0.1) is 12.3 Å². The summed E-state index contributed by atoms with van der Waals surface area (Å²) in [7, 11) is 0.